The van der Waals surface area contributed by atoms with Crippen molar-refractivity contribution in [2.24, 2.45) is 0 Å². The number of carbonyl (C=O) groups excluding carboxylic acids is 1. The molecule has 0 saturated carbocycles. The number of nitrogens with zero attached hydrogens (tertiary/aromatic N) is 2. The number of aromatic nitrogens is 1. The lowest BCUT2D eigenvalue weighted by molar-refractivity contribution is 0.0365. The molecule has 0 radical (unpaired) electrons. The fourth-order valence-corrected chi connectivity index (χ4v) is 4.79. The van der Waals surface area contributed by atoms with Gasteiger partial charge < -0.3 is 14.0 Å². The van der Waals surface area contributed by atoms with E-state index in [-0.39, 0.29) is 5.78 Å². The molecule has 0 bridgehead atoms. The number of benzene rings is 2. The minimum absolute atomic E-state index is 0.294. The van der Waals surface area contributed by atoms with E-state index < -0.39 is 15.9 Å². The molecule has 0 unspecified atom stereocenters. The Hall–Kier alpha value is -2.72. The smallest absolute Gasteiger partial charge is 0.270 e. The molecule has 9 heteroatoms. The maximum absolute atomic E-state index is 13.5. The number of ether oxygens (including phenoxy) is 2. The van der Waals surface area contributed by atoms with Crippen molar-refractivity contribution in [1.29, 1.82) is 0 Å². The van der Waals surface area contributed by atoms with Crippen molar-refractivity contribution in [2.45, 2.75) is 12.3 Å². The predicted molar refractivity (Wildman–Crippen MR) is 121 cm³/mol. The number of rotatable bonds is 8. The van der Waals surface area contributed by atoms with Crippen LogP contribution in [0.1, 0.15) is 21.6 Å². The molecular formula is C23H26N2O6S. The molecule has 1 N–H and O–H groups in total. The van der Waals surface area contributed by atoms with Gasteiger partial charge in [0.15, 0.2) is 5.78 Å². The van der Waals surface area contributed by atoms with Gasteiger partial charge in [0.1, 0.15) is 11.5 Å². The molecule has 4 rings (SSSR count). The van der Waals surface area contributed by atoms with Gasteiger partial charge in [0, 0.05) is 48.3 Å². The summed E-state index contributed by atoms with van der Waals surface area (Å²) in [7, 11) is -2.82. The van der Waals surface area contributed by atoms with Gasteiger partial charge in [-0.25, -0.2) is 0 Å². The Labute approximate surface area is 187 Å². The lowest BCUT2D eigenvalue weighted by Gasteiger charge is -2.27. The molecule has 1 aliphatic rings. The second-order valence-electron chi connectivity index (χ2n) is 7.73. The normalized spacial score (nSPS) is 15.2. The highest BCUT2D eigenvalue weighted by molar-refractivity contribution is 7.85. The molecule has 2 heterocycles. The summed E-state index contributed by atoms with van der Waals surface area (Å²) in [5, 5.41) is 0.661. The molecule has 2 aromatic carbocycles. The summed E-state index contributed by atoms with van der Waals surface area (Å²) in [6.07, 6.45) is 0. The van der Waals surface area contributed by atoms with Crippen LogP contribution in [0.15, 0.2) is 48.5 Å². The molecule has 1 aromatic heterocycles. The first-order valence-electron chi connectivity index (χ1n) is 10.4. The summed E-state index contributed by atoms with van der Waals surface area (Å²) in [6, 6.07) is 14.0. The average molecular weight is 459 g/mol. The lowest BCUT2D eigenvalue weighted by atomic mass is 10.0. The van der Waals surface area contributed by atoms with Crippen LogP contribution in [-0.2, 0) is 27.2 Å². The molecule has 170 valence electrons. The second-order valence-corrected chi connectivity index (χ2v) is 9.18. The van der Waals surface area contributed by atoms with E-state index in [1.54, 1.807) is 31.4 Å². The van der Waals surface area contributed by atoms with Gasteiger partial charge >= 0.3 is 0 Å². The van der Waals surface area contributed by atoms with E-state index in [0.717, 1.165) is 18.6 Å². The monoisotopic (exact) mass is 458 g/mol. The fourth-order valence-electron chi connectivity index (χ4n) is 4.14. The third-order valence-electron chi connectivity index (χ3n) is 5.72. The molecule has 3 aromatic rings. The number of fused-ring (bicyclic) bond motifs is 1. The zero-order chi connectivity index (χ0) is 22.7. The Morgan fingerprint density at radius 3 is 2.41 bits per heavy atom. The first kappa shape index (κ1) is 22.5. The van der Waals surface area contributed by atoms with E-state index in [2.05, 4.69) is 4.90 Å². The third-order valence-corrected chi connectivity index (χ3v) is 6.36. The van der Waals surface area contributed by atoms with Crippen LogP contribution in [0.5, 0.6) is 5.75 Å². The van der Waals surface area contributed by atoms with E-state index >= 15 is 0 Å². The number of para-hydroxylation sites is 1. The summed E-state index contributed by atoms with van der Waals surface area (Å²) in [5.74, 6) is -0.317. The van der Waals surface area contributed by atoms with E-state index in [1.807, 2.05) is 28.8 Å². The molecule has 1 fully saturated rings. The van der Waals surface area contributed by atoms with Gasteiger partial charge in [-0.2, -0.15) is 8.42 Å². The molecule has 32 heavy (non-hydrogen) atoms. The van der Waals surface area contributed by atoms with E-state index in [9.17, 15) is 17.8 Å². The molecule has 0 aliphatic carbocycles. The van der Waals surface area contributed by atoms with Crippen LogP contribution < -0.4 is 4.74 Å². The quantitative estimate of drug-likeness (QED) is 0.409. The fraction of sp³-hybridized carbons (Fsp3) is 0.348. The summed E-state index contributed by atoms with van der Waals surface area (Å²) in [4.78, 5) is 15.8. The molecular weight excluding hydrogens is 432 g/mol. The Morgan fingerprint density at radius 1 is 1.06 bits per heavy atom. The van der Waals surface area contributed by atoms with Crippen molar-refractivity contribution in [3.63, 3.8) is 0 Å². The summed E-state index contributed by atoms with van der Waals surface area (Å²) in [6.45, 7) is 4.07. The Balaban J connectivity index is 1.80. The van der Waals surface area contributed by atoms with Gasteiger partial charge in [0.2, 0.25) is 0 Å². The highest BCUT2D eigenvalue weighted by Crippen LogP contribution is 2.30. The Morgan fingerprint density at radius 2 is 1.75 bits per heavy atom. The number of hydrogen-bond donors (Lipinski definition) is 1. The van der Waals surface area contributed by atoms with Crippen molar-refractivity contribution in [1.82, 2.24) is 9.47 Å². The third kappa shape index (κ3) is 4.86. The van der Waals surface area contributed by atoms with Gasteiger partial charge in [-0.05, 0) is 30.3 Å². The molecule has 0 spiro atoms. The van der Waals surface area contributed by atoms with Crippen LogP contribution in [-0.4, -0.2) is 68.2 Å². The highest BCUT2D eigenvalue weighted by Gasteiger charge is 2.26. The molecule has 0 amide bonds. The molecule has 0 atom stereocenters. The van der Waals surface area contributed by atoms with Crippen molar-refractivity contribution >= 4 is 26.8 Å². The predicted octanol–water partition coefficient (Wildman–Crippen LogP) is 2.60. The van der Waals surface area contributed by atoms with Crippen LogP contribution in [0.2, 0.25) is 0 Å². The first-order valence-corrected chi connectivity index (χ1v) is 12.0. The van der Waals surface area contributed by atoms with Crippen LogP contribution in [0.4, 0.5) is 0 Å². The van der Waals surface area contributed by atoms with Crippen LogP contribution in [0.25, 0.3) is 10.9 Å². The first-order chi connectivity index (χ1) is 15.4. The van der Waals surface area contributed by atoms with Gasteiger partial charge in [0.05, 0.1) is 25.9 Å². The van der Waals surface area contributed by atoms with Crippen molar-refractivity contribution in [3.8, 4) is 5.75 Å². The molecule has 8 nitrogen and oxygen atoms in total. The van der Waals surface area contributed by atoms with Gasteiger partial charge in [-0.3, -0.25) is 14.2 Å². The number of morpholine rings is 1. The van der Waals surface area contributed by atoms with E-state index in [1.165, 1.54) is 0 Å². The lowest BCUT2D eigenvalue weighted by Crippen LogP contribution is -2.38. The van der Waals surface area contributed by atoms with Crippen LogP contribution in [0, 0.1) is 0 Å². The van der Waals surface area contributed by atoms with Crippen molar-refractivity contribution in [3.05, 3.63) is 65.4 Å². The zero-order valence-electron chi connectivity index (χ0n) is 17.9. The average Bonchev–Trinajstić information content (AvgIpc) is 3.09. The number of hydrogen-bond acceptors (Lipinski definition) is 6. The minimum atomic E-state index is -4.37. The van der Waals surface area contributed by atoms with Crippen molar-refractivity contribution in [2.75, 3.05) is 40.0 Å². The van der Waals surface area contributed by atoms with Gasteiger partial charge in [-0.15, -0.1) is 0 Å². The Kier molecular flexibility index (Phi) is 6.61. The van der Waals surface area contributed by atoms with E-state index in [4.69, 9.17) is 9.47 Å². The van der Waals surface area contributed by atoms with Crippen LogP contribution in [0.3, 0.4) is 0 Å². The zero-order valence-corrected chi connectivity index (χ0v) is 18.7. The van der Waals surface area contributed by atoms with Crippen LogP contribution >= 0.6 is 0 Å². The van der Waals surface area contributed by atoms with Crippen molar-refractivity contribution < 1.29 is 27.2 Å². The summed E-state index contributed by atoms with van der Waals surface area (Å²) in [5.41, 5.74) is 1.77. The van der Waals surface area contributed by atoms with Gasteiger partial charge in [-0.1, -0.05) is 18.2 Å². The number of carbonyl (C=O) groups is 1. The molecule has 1 saturated heterocycles. The molecule has 1 aliphatic heterocycles. The topological polar surface area (TPSA) is 98.1 Å². The number of ketones is 1. The largest absolute Gasteiger partial charge is 0.497 e. The highest BCUT2D eigenvalue weighted by atomic mass is 32.2. The second kappa shape index (κ2) is 9.41. The summed E-state index contributed by atoms with van der Waals surface area (Å²) < 4.78 is 45.9. The summed E-state index contributed by atoms with van der Waals surface area (Å²) >= 11 is 0. The maximum atomic E-state index is 13.5. The SMILES string of the molecule is COc1ccc(C(=O)c2c(CS(=O)(=O)O)n(CCN3CCOCC3)c3ccccc23)cc1. The van der Waals surface area contributed by atoms with E-state index in [0.29, 0.717) is 54.3 Å². The number of methoxy groups -OCH3 is 1. The Bertz CT molecular complexity index is 1210. The van der Waals surface area contributed by atoms with Gasteiger partial charge in [0.25, 0.3) is 10.1 Å². The minimum Gasteiger partial charge on any atom is -0.497 e. The maximum Gasteiger partial charge on any atom is 0.270 e. The standard InChI is InChI=1S/C23H26N2O6S/c1-30-18-8-6-17(7-9-18)23(26)22-19-4-2-3-5-20(19)25(21(22)16-32(27,28)29)11-10-24-12-14-31-15-13-24/h2-9H,10-16H2,1H3,(H,27,28,29).